The van der Waals surface area contributed by atoms with E-state index in [1.807, 2.05) is 42.6 Å². The van der Waals surface area contributed by atoms with Crippen LogP contribution in [0.25, 0.3) is 17.0 Å². The molecule has 0 radical (unpaired) electrons. The molecule has 0 bridgehead atoms. The van der Waals surface area contributed by atoms with Crippen molar-refractivity contribution in [2.24, 2.45) is 0 Å². The van der Waals surface area contributed by atoms with Gasteiger partial charge in [-0.1, -0.05) is 17.7 Å². The molecule has 124 valence electrons. The van der Waals surface area contributed by atoms with Crippen LogP contribution < -0.4 is 0 Å². The Morgan fingerprint density at radius 3 is 2.56 bits per heavy atom. The number of halogens is 1. The summed E-state index contributed by atoms with van der Waals surface area (Å²) in [5, 5.41) is 5.06. The minimum absolute atomic E-state index is 0.203. The number of imidazole rings is 1. The van der Waals surface area contributed by atoms with Gasteiger partial charge in [0.05, 0.1) is 11.4 Å². The zero-order valence-corrected chi connectivity index (χ0v) is 14.5. The Morgan fingerprint density at radius 1 is 1.04 bits per heavy atom. The van der Waals surface area contributed by atoms with Crippen LogP contribution in [0.15, 0.2) is 54.9 Å². The summed E-state index contributed by atoms with van der Waals surface area (Å²) in [5.41, 5.74) is 4.99. The number of benzene rings is 1. The van der Waals surface area contributed by atoms with Crippen LogP contribution in [-0.4, -0.2) is 25.1 Å². The maximum atomic E-state index is 12.6. The minimum Gasteiger partial charge on any atom is -0.298 e. The predicted molar refractivity (Wildman–Crippen MR) is 97.1 cm³/mol. The van der Waals surface area contributed by atoms with Crippen LogP contribution in [-0.2, 0) is 0 Å². The van der Waals surface area contributed by atoms with E-state index in [0.717, 1.165) is 22.6 Å². The molecule has 0 N–H and O–H groups in total. The van der Waals surface area contributed by atoms with Gasteiger partial charge in [-0.3, -0.25) is 9.20 Å². The third-order valence-corrected chi connectivity index (χ3v) is 4.40. The van der Waals surface area contributed by atoms with Crippen LogP contribution in [0.3, 0.4) is 0 Å². The zero-order valence-electron chi connectivity index (χ0n) is 13.8. The maximum absolute atomic E-state index is 12.6. The van der Waals surface area contributed by atoms with Gasteiger partial charge in [0.25, 0.3) is 5.91 Å². The van der Waals surface area contributed by atoms with Crippen LogP contribution in [0.4, 0.5) is 0 Å². The van der Waals surface area contributed by atoms with E-state index in [1.54, 1.807) is 30.5 Å². The first-order valence-electron chi connectivity index (χ1n) is 7.85. The summed E-state index contributed by atoms with van der Waals surface area (Å²) in [5.74, 6) is -0.203. The SMILES string of the molecule is Cc1nc2c(C)cccn2c1-c1ccn(C(=O)c2ccc(Cl)cc2)n1. The highest BCUT2D eigenvalue weighted by Gasteiger charge is 2.16. The van der Waals surface area contributed by atoms with E-state index in [-0.39, 0.29) is 5.91 Å². The second-order valence-corrected chi connectivity index (χ2v) is 6.32. The van der Waals surface area contributed by atoms with Gasteiger partial charge >= 0.3 is 0 Å². The summed E-state index contributed by atoms with van der Waals surface area (Å²) in [6, 6.07) is 12.6. The summed E-state index contributed by atoms with van der Waals surface area (Å²) < 4.78 is 3.34. The van der Waals surface area contributed by atoms with Gasteiger partial charge in [0.1, 0.15) is 11.3 Å². The molecule has 0 saturated carbocycles. The number of pyridine rings is 1. The quantitative estimate of drug-likeness (QED) is 0.545. The highest BCUT2D eigenvalue weighted by atomic mass is 35.5. The van der Waals surface area contributed by atoms with Crippen molar-refractivity contribution in [3.8, 4) is 11.4 Å². The molecule has 4 aromatic rings. The average molecular weight is 351 g/mol. The van der Waals surface area contributed by atoms with E-state index in [9.17, 15) is 4.79 Å². The average Bonchev–Trinajstić information content (AvgIpc) is 3.19. The first-order chi connectivity index (χ1) is 12.0. The molecule has 0 amide bonds. The van der Waals surface area contributed by atoms with Gasteiger partial charge in [-0.25, -0.2) is 9.67 Å². The molecule has 25 heavy (non-hydrogen) atoms. The number of carbonyl (C=O) groups is 1. The van der Waals surface area contributed by atoms with Gasteiger partial charge in [0.15, 0.2) is 0 Å². The van der Waals surface area contributed by atoms with E-state index in [1.165, 1.54) is 4.68 Å². The lowest BCUT2D eigenvalue weighted by molar-refractivity contribution is 0.0945. The molecule has 5 nitrogen and oxygen atoms in total. The van der Waals surface area contributed by atoms with E-state index >= 15 is 0 Å². The number of aryl methyl sites for hydroxylation is 2. The van der Waals surface area contributed by atoms with Crippen LogP contribution in [0.2, 0.25) is 5.02 Å². The lowest BCUT2D eigenvalue weighted by atomic mass is 10.2. The van der Waals surface area contributed by atoms with Crippen molar-refractivity contribution in [3.05, 3.63) is 76.7 Å². The van der Waals surface area contributed by atoms with Crippen LogP contribution in [0.1, 0.15) is 21.6 Å². The Balaban J connectivity index is 1.77. The van der Waals surface area contributed by atoms with Crippen molar-refractivity contribution in [2.75, 3.05) is 0 Å². The number of hydrogen-bond donors (Lipinski definition) is 0. The van der Waals surface area contributed by atoms with E-state index in [2.05, 4.69) is 10.1 Å². The predicted octanol–water partition coefficient (Wildman–Crippen LogP) is 4.16. The normalized spacial score (nSPS) is 11.2. The highest BCUT2D eigenvalue weighted by Crippen LogP contribution is 2.24. The van der Waals surface area contributed by atoms with E-state index in [0.29, 0.717) is 16.3 Å². The molecule has 0 spiro atoms. The number of carbonyl (C=O) groups excluding carboxylic acids is 1. The summed E-state index contributed by atoms with van der Waals surface area (Å²) in [4.78, 5) is 17.2. The van der Waals surface area contributed by atoms with Crippen LogP contribution in [0.5, 0.6) is 0 Å². The molecule has 0 saturated heterocycles. The van der Waals surface area contributed by atoms with Gasteiger partial charge in [-0.05, 0) is 55.8 Å². The molecule has 0 atom stereocenters. The van der Waals surface area contributed by atoms with Crippen LogP contribution in [0, 0.1) is 13.8 Å². The first-order valence-corrected chi connectivity index (χ1v) is 8.23. The van der Waals surface area contributed by atoms with Crippen molar-refractivity contribution in [1.29, 1.82) is 0 Å². The zero-order chi connectivity index (χ0) is 17.6. The molecule has 3 aromatic heterocycles. The van der Waals surface area contributed by atoms with Gasteiger partial charge in [0.2, 0.25) is 0 Å². The Morgan fingerprint density at radius 2 is 1.80 bits per heavy atom. The van der Waals surface area contributed by atoms with Gasteiger partial charge in [-0.2, -0.15) is 5.10 Å². The molecule has 3 heterocycles. The monoisotopic (exact) mass is 350 g/mol. The Hall–Kier alpha value is -2.92. The van der Waals surface area contributed by atoms with Gasteiger partial charge < -0.3 is 0 Å². The lowest BCUT2D eigenvalue weighted by Crippen LogP contribution is -2.12. The lowest BCUT2D eigenvalue weighted by Gasteiger charge is -2.02. The largest absolute Gasteiger partial charge is 0.298 e. The number of aromatic nitrogens is 4. The highest BCUT2D eigenvalue weighted by molar-refractivity contribution is 6.30. The molecule has 0 unspecified atom stereocenters. The summed E-state index contributed by atoms with van der Waals surface area (Å²) in [6.45, 7) is 3.97. The minimum atomic E-state index is -0.203. The number of fused-ring (bicyclic) bond motifs is 1. The van der Waals surface area contributed by atoms with Crippen molar-refractivity contribution >= 4 is 23.2 Å². The summed E-state index contributed by atoms with van der Waals surface area (Å²) in [7, 11) is 0. The topological polar surface area (TPSA) is 52.2 Å². The molecule has 4 rings (SSSR count). The Bertz CT molecular complexity index is 1090. The third-order valence-electron chi connectivity index (χ3n) is 4.15. The number of nitrogens with zero attached hydrogens (tertiary/aromatic N) is 4. The Kier molecular flexibility index (Phi) is 3.66. The fourth-order valence-corrected chi connectivity index (χ4v) is 3.04. The number of hydrogen-bond acceptors (Lipinski definition) is 3. The number of rotatable bonds is 2. The van der Waals surface area contributed by atoms with Gasteiger partial charge in [0, 0.05) is 23.0 Å². The molecule has 1 aromatic carbocycles. The summed E-state index contributed by atoms with van der Waals surface area (Å²) >= 11 is 5.88. The second kappa shape index (κ2) is 5.86. The maximum Gasteiger partial charge on any atom is 0.278 e. The van der Waals surface area contributed by atoms with Crippen LogP contribution >= 0.6 is 11.6 Å². The van der Waals surface area contributed by atoms with Crippen molar-refractivity contribution in [1.82, 2.24) is 19.2 Å². The van der Waals surface area contributed by atoms with Crippen molar-refractivity contribution < 1.29 is 4.79 Å². The summed E-state index contributed by atoms with van der Waals surface area (Å²) in [6.07, 6.45) is 3.62. The van der Waals surface area contributed by atoms with E-state index < -0.39 is 0 Å². The molecule has 0 aliphatic heterocycles. The first kappa shape index (κ1) is 15.6. The fraction of sp³-hybridized carbons (Fsp3) is 0.105. The third kappa shape index (κ3) is 2.62. The fourth-order valence-electron chi connectivity index (χ4n) is 2.91. The molecule has 0 aliphatic carbocycles. The molecule has 0 aliphatic rings. The molecular formula is C19H15ClN4O. The second-order valence-electron chi connectivity index (χ2n) is 5.89. The van der Waals surface area contributed by atoms with Crippen molar-refractivity contribution in [2.45, 2.75) is 13.8 Å². The standard InChI is InChI=1S/C19H15ClN4O/c1-12-4-3-10-23-17(13(2)21-18(12)23)16-9-11-24(22-16)19(25)14-5-7-15(20)8-6-14/h3-11H,1-2H3. The Labute approximate surface area is 149 Å². The van der Waals surface area contributed by atoms with E-state index in [4.69, 9.17) is 11.6 Å². The van der Waals surface area contributed by atoms with Gasteiger partial charge in [-0.15, -0.1) is 0 Å². The van der Waals surface area contributed by atoms with Crippen molar-refractivity contribution in [3.63, 3.8) is 0 Å². The molecule has 0 fully saturated rings. The molecule has 6 heteroatoms. The molecular weight excluding hydrogens is 336 g/mol. The smallest absolute Gasteiger partial charge is 0.278 e.